The van der Waals surface area contributed by atoms with Crippen LogP contribution in [-0.2, 0) is 35.7 Å². The summed E-state index contributed by atoms with van der Waals surface area (Å²) in [4.78, 5) is 14.9. The number of carbonyl (C=O) groups is 1. The summed E-state index contributed by atoms with van der Waals surface area (Å²) in [7, 11) is 0. The molecule has 0 bridgehead atoms. The third kappa shape index (κ3) is 5.97. The summed E-state index contributed by atoms with van der Waals surface area (Å²) < 4.78 is 2.64. The zero-order valence-corrected chi connectivity index (χ0v) is 29.0. The van der Waals surface area contributed by atoms with E-state index in [0.29, 0.717) is 5.92 Å². The quantitative estimate of drug-likeness (QED) is 0.113. The van der Waals surface area contributed by atoms with Crippen LogP contribution < -0.4 is 0 Å². The third-order valence-corrected chi connectivity index (χ3v) is 9.69. The number of rotatable bonds is 3. The Morgan fingerprint density at radius 1 is 0.952 bits per heavy atom. The van der Waals surface area contributed by atoms with E-state index < -0.39 is 0 Å². The number of pyridine rings is 1. The summed E-state index contributed by atoms with van der Waals surface area (Å²) in [5.74, 6) is 0.397. The maximum Gasteiger partial charge on any atom is 0.155 e. The fourth-order valence-corrected chi connectivity index (χ4v) is 7.38. The molecule has 0 saturated carbocycles. The van der Waals surface area contributed by atoms with Crippen molar-refractivity contribution in [1.29, 1.82) is 0 Å². The Hall–Kier alpha value is -2.85. The van der Waals surface area contributed by atoms with Crippen molar-refractivity contribution in [2.45, 2.75) is 85.0 Å². The fourth-order valence-electron chi connectivity index (χ4n) is 6.17. The van der Waals surface area contributed by atoms with Gasteiger partial charge in [-0.2, -0.15) is 0 Å². The van der Waals surface area contributed by atoms with Crippen molar-refractivity contribution >= 4 is 48.1 Å². The van der Waals surface area contributed by atoms with E-state index in [4.69, 9.17) is 10.1 Å². The van der Waals surface area contributed by atoms with Gasteiger partial charge in [0.2, 0.25) is 0 Å². The Bertz CT molecular complexity index is 1820. The van der Waals surface area contributed by atoms with Crippen molar-refractivity contribution in [3.8, 4) is 11.3 Å². The van der Waals surface area contributed by atoms with E-state index in [0.717, 1.165) is 11.3 Å². The number of hydrogen-bond donors (Lipinski definition) is 1. The minimum atomic E-state index is -0.125. The first-order valence-electron chi connectivity index (χ1n) is 14.5. The second-order valence-electron chi connectivity index (χ2n) is 13.0. The summed E-state index contributed by atoms with van der Waals surface area (Å²) in [6.07, 6.45) is 5.62. The van der Waals surface area contributed by atoms with E-state index in [1.165, 1.54) is 80.4 Å². The maximum atomic E-state index is 10.0. The molecule has 2 heterocycles. The first-order chi connectivity index (χ1) is 19.3. The maximum absolute atomic E-state index is 10.0. The minimum Gasteiger partial charge on any atom is -0.512 e. The second kappa shape index (κ2) is 12.0. The summed E-state index contributed by atoms with van der Waals surface area (Å²) >= 11 is 1.89. The standard InChI is InChI=1S/C32H32NS.C5H8O2.Ir/c1-19(2)20-11-12-23(22-10-8-7-9-21(20)22)29-30-24(13-16-33-29)25-17-26-27(18-28(25)34-30)32(5,6)15-14-31(26,3)4;1-4(6)3-5(2)7;/h7-11,13,16-19H,14-15H2,1-6H3;3,6H,1-2H3;/q-1;;/b;4-3-;. The largest absolute Gasteiger partial charge is 0.512 e. The van der Waals surface area contributed by atoms with E-state index in [2.05, 4.69) is 96.1 Å². The Kier molecular flexibility index (Phi) is 9.19. The first kappa shape index (κ1) is 32.1. The molecule has 5 aromatic rings. The van der Waals surface area contributed by atoms with Crippen LogP contribution in [0.25, 0.3) is 42.2 Å². The third-order valence-electron chi connectivity index (χ3n) is 8.51. The summed E-state index contributed by atoms with van der Waals surface area (Å²) in [5.41, 5.74) is 6.99. The average molecular weight is 755 g/mol. The topological polar surface area (TPSA) is 50.2 Å². The number of allylic oxidation sites excluding steroid dienone is 2. The molecule has 0 saturated heterocycles. The SMILES string of the molecule is CC(=O)/C=C(/C)O.CC(C)c1c[c-]c(-c2nccc3c2sc2cc4c(cc23)C(C)(C)CCC4(C)C)c2ccccc12.[Ir]. The van der Waals surface area contributed by atoms with Crippen LogP contribution in [0.4, 0.5) is 0 Å². The van der Waals surface area contributed by atoms with Crippen LogP contribution in [-0.4, -0.2) is 15.9 Å². The van der Waals surface area contributed by atoms with Crippen molar-refractivity contribution in [3.63, 3.8) is 0 Å². The normalized spacial score (nSPS) is 15.7. The van der Waals surface area contributed by atoms with Crippen LogP contribution in [0.15, 0.2) is 66.6 Å². The molecule has 3 nitrogen and oxygen atoms in total. The molecule has 5 heteroatoms. The number of fused-ring (bicyclic) bond motifs is 5. The van der Waals surface area contributed by atoms with Crippen LogP contribution in [0.2, 0.25) is 0 Å². The van der Waals surface area contributed by atoms with Crippen LogP contribution in [0.3, 0.4) is 0 Å². The van der Waals surface area contributed by atoms with Gasteiger partial charge in [-0.05, 0) is 77.6 Å². The Morgan fingerprint density at radius 2 is 1.57 bits per heavy atom. The number of ketones is 1. The molecule has 0 unspecified atom stereocenters. The van der Waals surface area contributed by atoms with Gasteiger partial charge in [0, 0.05) is 47.5 Å². The van der Waals surface area contributed by atoms with Gasteiger partial charge in [0.05, 0.1) is 5.76 Å². The van der Waals surface area contributed by atoms with Crippen molar-refractivity contribution in [3.05, 3.63) is 89.3 Å². The van der Waals surface area contributed by atoms with Gasteiger partial charge in [0.1, 0.15) is 0 Å². The van der Waals surface area contributed by atoms with Crippen molar-refractivity contribution in [1.82, 2.24) is 4.98 Å². The van der Waals surface area contributed by atoms with Gasteiger partial charge in [-0.25, -0.2) is 0 Å². The summed E-state index contributed by atoms with van der Waals surface area (Å²) in [5, 5.41) is 13.6. The number of carbonyl (C=O) groups excluding carboxylic acids is 1. The molecule has 1 N–H and O–H groups in total. The molecule has 42 heavy (non-hydrogen) atoms. The molecule has 1 radical (unpaired) electrons. The number of nitrogens with zero attached hydrogens (tertiary/aromatic N) is 1. The van der Waals surface area contributed by atoms with E-state index in [-0.39, 0.29) is 42.5 Å². The number of aliphatic hydroxyl groups is 1. The predicted molar refractivity (Wildman–Crippen MR) is 175 cm³/mol. The molecule has 1 aliphatic carbocycles. The monoisotopic (exact) mass is 755 g/mol. The molecule has 0 fully saturated rings. The zero-order valence-electron chi connectivity index (χ0n) is 25.8. The molecule has 0 atom stereocenters. The van der Waals surface area contributed by atoms with Gasteiger partial charge in [-0.15, -0.1) is 34.6 Å². The smallest absolute Gasteiger partial charge is 0.155 e. The summed E-state index contributed by atoms with van der Waals surface area (Å²) in [6.45, 7) is 17.0. The molecule has 0 aliphatic heterocycles. The van der Waals surface area contributed by atoms with Gasteiger partial charge in [0.25, 0.3) is 0 Å². The van der Waals surface area contributed by atoms with Crippen LogP contribution in [0.1, 0.15) is 90.8 Å². The molecule has 6 rings (SSSR count). The van der Waals surface area contributed by atoms with Gasteiger partial charge < -0.3 is 10.1 Å². The van der Waals surface area contributed by atoms with Crippen LogP contribution in [0.5, 0.6) is 0 Å². The van der Waals surface area contributed by atoms with E-state index in [9.17, 15) is 4.79 Å². The van der Waals surface area contributed by atoms with Crippen molar-refractivity contribution < 1.29 is 30.0 Å². The molecule has 0 amide bonds. The average Bonchev–Trinajstić information content (AvgIpc) is 3.28. The summed E-state index contributed by atoms with van der Waals surface area (Å²) in [6, 6.07) is 21.8. The van der Waals surface area contributed by atoms with Gasteiger partial charge in [-0.1, -0.05) is 82.5 Å². The van der Waals surface area contributed by atoms with Gasteiger partial charge in [-0.3, -0.25) is 4.79 Å². The minimum absolute atomic E-state index is 0. The number of aromatic nitrogens is 1. The number of benzene rings is 3. The molecule has 1 aliphatic rings. The molecule has 2 aromatic heterocycles. The number of hydrogen-bond acceptors (Lipinski definition) is 4. The van der Waals surface area contributed by atoms with Crippen molar-refractivity contribution in [2.24, 2.45) is 0 Å². The first-order valence-corrected chi connectivity index (χ1v) is 15.3. The molecular weight excluding hydrogens is 715 g/mol. The molecule has 221 valence electrons. The predicted octanol–water partition coefficient (Wildman–Crippen LogP) is 10.6. The Morgan fingerprint density at radius 3 is 2.14 bits per heavy atom. The van der Waals surface area contributed by atoms with E-state index in [1.54, 1.807) is 0 Å². The number of aliphatic hydroxyl groups excluding tert-OH is 1. The molecular formula is C37H40IrNO2S-. The van der Waals surface area contributed by atoms with Gasteiger partial charge in [0.15, 0.2) is 5.78 Å². The van der Waals surface area contributed by atoms with E-state index >= 15 is 0 Å². The fraction of sp³-hybridized carbons (Fsp3) is 0.351. The Labute approximate surface area is 267 Å². The van der Waals surface area contributed by atoms with Crippen LogP contribution >= 0.6 is 11.3 Å². The Balaban J connectivity index is 0.000000454. The zero-order chi connectivity index (χ0) is 29.7. The van der Waals surface area contributed by atoms with Gasteiger partial charge >= 0.3 is 0 Å². The van der Waals surface area contributed by atoms with E-state index in [1.807, 2.05) is 17.5 Å². The van der Waals surface area contributed by atoms with Crippen LogP contribution in [0, 0.1) is 6.07 Å². The van der Waals surface area contributed by atoms with Crippen molar-refractivity contribution in [2.75, 3.05) is 0 Å². The molecule has 0 spiro atoms. The molecule has 3 aromatic carbocycles. The second-order valence-corrected chi connectivity index (χ2v) is 14.1. The number of thiophene rings is 1.